The highest BCUT2D eigenvalue weighted by Crippen LogP contribution is 2.21. The van der Waals surface area contributed by atoms with Crippen molar-refractivity contribution in [1.29, 1.82) is 0 Å². The molecule has 3 rings (SSSR count). The van der Waals surface area contributed by atoms with Crippen LogP contribution in [0.25, 0.3) is 0 Å². The third kappa shape index (κ3) is 5.23. The number of carboxylic acid groups (broad SMARTS) is 1. The third-order valence-corrected chi connectivity index (χ3v) is 4.98. The van der Waals surface area contributed by atoms with E-state index in [9.17, 15) is 14.4 Å². The maximum absolute atomic E-state index is 12.1. The Balaban J connectivity index is 1.53. The van der Waals surface area contributed by atoms with Crippen LogP contribution in [0, 0.1) is 0 Å². The first-order valence-corrected chi connectivity index (χ1v) is 9.35. The van der Waals surface area contributed by atoms with Crippen molar-refractivity contribution < 1.29 is 19.5 Å². The van der Waals surface area contributed by atoms with Gasteiger partial charge < -0.3 is 15.7 Å². The number of rotatable bonds is 6. The molecule has 0 saturated carbocycles. The van der Waals surface area contributed by atoms with E-state index in [1.54, 1.807) is 18.3 Å². The van der Waals surface area contributed by atoms with Crippen LogP contribution in [-0.2, 0) is 17.6 Å². The van der Waals surface area contributed by atoms with E-state index >= 15 is 0 Å². The van der Waals surface area contributed by atoms with Crippen molar-refractivity contribution in [1.82, 2.24) is 20.6 Å². The van der Waals surface area contributed by atoms with Gasteiger partial charge in [-0.25, -0.2) is 14.8 Å². The van der Waals surface area contributed by atoms with Gasteiger partial charge in [-0.05, 0) is 36.3 Å². The first-order chi connectivity index (χ1) is 13.0. The van der Waals surface area contributed by atoms with Crippen LogP contribution in [-0.4, -0.2) is 45.6 Å². The Morgan fingerprint density at radius 1 is 1.33 bits per heavy atom. The van der Waals surface area contributed by atoms with Gasteiger partial charge in [-0.15, -0.1) is 11.3 Å². The Kier molecular flexibility index (Phi) is 5.97. The minimum absolute atomic E-state index is 0.0370. The molecule has 3 amide bonds. The van der Waals surface area contributed by atoms with Gasteiger partial charge in [-0.1, -0.05) is 6.07 Å². The second-order valence-corrected chi connectivity index (χ2v) is 7.03. The zero-order chi connectivity index (χ0) is 19.2. The summed E-state index contributed by atoms with van der Waals surface area (Å²) in [7, 11) is 0. The van der Waals surface area contributed by atoms with Gasteiger partial charge >= 0.3 is 6.09 Å². The molecule has 0 radical (unpaired) electrons. The Bertz CT molecular complexity index is 840. The average molecular weight is 389 g/mol. The maximum Gasteiger partial charge on any atom is 0.404 e. The number of hydrogen-bond donors (Lipinski definition) is 4. The molecule has 0 aromatic carbocycles. The number of carbonyl (C=O) groups excluding carboxylic acids is 2. The second-order valence-electron chi connectivity index (χ2n) is 6.09. The number of anilines is 1. The van der Waals surface area contributed by atoms with Crippen molar-refractivity contribution in [2.24, 2.45) is 0 Å². The second kappa shape index (κ2) is 8.58. The maximum atomic E-state index is 12.1. The zero-order valence-corrected chi connectivity index (χ0v) is 15.2. The number of hydrogen-bond acceptors (Lipinski definition) is 6. The van der Waals surface area contributed by atoms with Gasteiger partial charge in [0, 0.05) is 30.9 Å². The van der Waals surface area contributed by atoms with Crippen molar-refractivity contribution >= 4 is 35.2 Å². The fraction of sp³-hybridized carbons (Fsp3) is 0.353. The lowest BCUT2D eigenvalue weighted by molar-refractivity contribution is -0.121. The Morgan fingerprint density at radius 3 is 2.93 bits per heavy atom. The molecule has 4 N–H and O–H groups in total. The summed E-state index contributed by atoms with van der Waals surface area (Å²) in [5.74, 6) is -0.159. The van der Waals surface area contributed by atoms with E-state index in [-0.39, 0.29) is 36.8 Å². The molecule has 2 heterocycles. The lowest BCUT2D eigenvalue weighted by atomic mass is 9.93. The predicted octanol–water partition coefficient (Wildman–Crippen LogP) is 1.42. The summed E-state index contributed by atoms with van der Waals surface area (Å²) in [5, 5.41) is 18.1. The molecule has 142 valence electrons. The molecule has 9 nitrogen and oxygen atoms in total. The quantitative estimate of drug-likeness (QED) is 0.590. The molecule has 0 bridgehead atoms. The lowest BCUT2D eigenvalue weighted by Gasteiger charge is -2.24. The Hall–Kier alpha value is -3.01. The van der Waals surface area contributed by atoms with E-state index in [1.807, 2.05) is 5.38 Å². The third-order valence-electron chi connectivity index (χ3n) is 4.11. The number of thiophene rings is 1. The molecule has 2 aromatic rings. The fourth-order valence-corrected chi connectivity index (χ4v) is 3.46. The van der Waals surface area contributed by atoms with Crippen LogP contribution in [0.3, 0.4) is 0 Å². The van der Waals surface area contributed by atoms with E-state index in [4.69, 9.17) is 5.11 Å². The molecule has 0 fully saturated rings. The van der Waals surface area contributed by atoms with Crippen LogP contribution in [0.2, 0.25) is 0 Å². The van der Waals surface area contributed by atoms with E-state index in [1.165, 1.54) is 11.3 Å². The molecule has 27 heavy (non-hydrogen) atoms. The summed E-state index contributed by atoms with van der Waals surface area (Å²) < 4.78 is 0. The van der Waals surface area contributed by atoms with Crippen LogP contribution >= 0.6 is 11.3 Å². The van der Waals surface area contributed by atoms with Crippen LogP contribution in [0.4, 0.5) is 10.7 Å². The number of nitrogens with one attached hydrogen (secondary N) is 3. The minimum Gasteiger partial charge on any atom is -0.465 e. The highest BCUT2D eigenvalue weighted by Gasteiger charge is 2.22. The number of nitrogens with zero attached hydrogens (tertiary/aromatic N) is 2. The molecule has 2 aromatic heterocycles. The Morgan fingerprint density at radius 2 is 2.19 bits per heavy atom. The topological polar surface area (TPSA) is 133 Å². The molecule has 0 saturated heterocycles. The number of aryl methyl sites for hydroxylation is 1. The molecule has 0 spiro atoms. The summed E-state index contributed by atoms with van der Waals surface area (Å²) in [6.07, 6.45) is 2.62. The van der Waals surface area contributed by atoms with Gasteiger partial charge in [-0.3, -0.25) is 14.9 Å². The summed E-state index contributed by atoms with van der Waals surface area (Å²) in [4.78, 5) is 43.5. The van der Waals surface area contributed by atoms with E-state index < -0.39 is 6.09 Å². The molecule has 0 aliphatic heterocycles. The largest absolute Gasteiger partial charge is 0.465 e. The van der Waals surface area contributed by atoms with Crippen LogP contribution in [0.5, 0.6) is 0 Å². The average Bonchev–Trinajstić information content (AvgIpc) is 3.16. The summed E-state index contributed by atoms with van der Waals surface area (Å²) >= 11 is 1.35. The fourth-order valence-electron chi connectivity index (χ4n) is 2.84. The van der Waals surface area contributed by atoms with Gasteiger partial charge in [0.1, 0.15) is 0 Å². The SMILES string of the molecule is O=C(O)NCCC(=O)NC1CCc2nc(NC(=O)c3cccs3)ncc2C1. The normalized spacial score (nSPS) is 15.5. The summed E-state index contributed by atoms with van der Waals surface area (Å²) in [6.45, 7) is 0.0842. The smallest absolute Gasteiger partial charge is 0.404 e. The molecule has 1 atom stereocenters. The molecular weight excluding hydrogens is 370 g/mol. The standard InChI is InChI=1S/C17H19N5O4S/c23-14(5-6-18-17(25)26)20-11-3-4-12-10(8-11)9-19-16(21-12)22-15(24)13-2-1-7-27-13/h1-2,7,9,11,18H,3-6,8H2,(H,20,23)(H,25,26)(H,19,21,22,24). The molecule has 1 aliphatic carbocycles. The van der Waals surface area contributed by atoms with E-state index in [0.717, 1.165) is 17.7 Å². The highest BCUT2D eigenvalue weighted by molar-refractivity contribution is 7.12. The predicted molar refractivity (Wildman–Crippen MR) is 98.9 cm³/mol. The molecule has 10 heteroatoms. The van der Waals surface area contributed by atoms with E-state index in [2.05, 4.69) is 25.9 Å². The summed E-state index contributed by atoms with van der Waals surface area (Å²) in [5.41, 5.74) is 1.80. The van der Waals surface area contributed by atoms with E-state index in [0.29, 0.717) is 17.7 Å². The Labute approximate surface area is 159 Å². The van der Waals surface area contributed by atoms with Gasteiger partial charge in [0.2, 0.25) is 11.9 Å². The lowest BCUT2D eigenvalue weighted by Crippen LogP contribution is -2.40. The molecule has 1 unspecified atom stereocenters. The van der Waals surface area contributed by atoms with Gasteiger partial charge in [0.05, 0.1) is 4.88 Å². The first-order valence-electron chi connectivity index (χ1n) is 8.47. The zero-order valence-electron chi connectivity index (χ0n) is 14.4. The van der Waals surface area contributed by atoms with Crippen LogP contribution < -0.4 is 16.0 Å². The van der Waals surface area contributed by atoms with Gasteiger partial charge in [0.15, 0.2) is 0 Å². The minimum atomic E-state index is -1.14. The van der Waals surface area contributed by atoms with Crippen molar-refractivity contribution in [2.45, 2.75) is 31.7 Å². The number of amides is 3. The van der Waals surface area contributed by atoms with Crippen molar-refractivity contribution in [2.75, 3.05) is 11.9 Å². The van der Waals surface area contributed by atoms with Crippen molar-refractivity contribution in [3.63, 3.8) is 0 Å². The van der Waals surface area contributed by atoms with Crippen molar-refractivity contribution in [3.05, 3.63) is 39.8 Å². The summed E-state index contributed by atoms with van der Waals surface area (Å²) in [6, 6.07) is 3.50. The first kappa shape index (κ1) is 18.8. The number of aromatic nitrogens is 2. The number of carbonyl (C=O) groups is 3. The van der Waals surface area contributed by atoms with Gasteiger partial charge in [-0.2, -0.15) is 0 Å². The van der Waals surface area contributed by atoms with Crippen LogP contribution in [0.15, 0.2) is 23.7 Å². The monoisotopic (exact) mass is 389 g/mol. The molecular formula is C17H19N5O4S. The van der Waals surface area contributed by atoms with Gasteiger partial charge in [0.25, 0.3) is 5.91 Å². The van der Waals surface area contributed by atoms with Crippen LogP contribution in [0.1, 0.15) is 33.8 Å². The highest BCUT2D eigenvalue weighted by atomic mass is 32.1. The van der Waals surface area contributed by atoms with Crippen molar-refractivity contribution in [3.8, 4) is 0 Å². The number of fused-ring (bicyclic) bond motifs is 1. The molecule has 1 aliphatic rings.